The number of hydrogen-bond donors (Lipinski definition) is 2. The van der Waals surface area contributed by atoms with Crippen molar-refractivity contribution in [2.75, 3.05) is 5.32 Å². The van der Waals surface area contributed by atoms with Gasteiger partial charge in [0.05, 0.1) is 6.54 Å². The Morgan fingerprint density at radius 3 is 2.72 bits per heavy atom. The van der Waals surface area contributed by atoms with Crippen molar-refractivity contribution in [3.63, 3.8) is 0 Å². The van der Waals surface area contributed by atoms with Crippen molar-refractivity contribution in [3.8, 4) is 11.5 Å². The van der Waals surface area contributed by atoms with Crippen LogP contribution in [0, 0.1) is 6.92 Å². The van der Waals surface area contributed by atoms with E-state index in [9.17, 15) is 4.79 Å². The first kappa shape index (κ1) is 16.7. The second-order valence-electron chi connectivity index (χ2n) is 5.90. The number of aromatic nitrogens is 4. The average Bonchev–Trinajstić information content (AvgIpc) is 3.20. The molecule has 0 aliphatic carbocycles. The summed E-state index contributed by atoms with van der Waals surface area (Å²) in [6.45, 7) is 6.17. The minimum absolute atomic E-state index is 0.159. The Labute approximate surface area is 145 Å². The van der Waals surface area contributed by atoms with Crippen molar-refractivity contribution < 1.29 is 9.32 Å². The molecule has 0 atom stereocenters. The molecule has 0 radical (unpaired) electrons. The Morgan fingerprint density at radius 1 is 1.28 bits per heavy atom. The molecule has 0 bridgehead atoms. The molecule has 130 valence electrons. The van der Waals surface area contributed by atoms with Crippen LogP contribution in [0.4, 0.5) is 10.6 Å². The molecule has 25 heavy (non-hydrogen) atoms. The zero-order valence-electron chi connectivity index (χ0n) is 14.4. The Morgan fingerprint density at radius 2 is 2.04 bits per heavy atom. The third-order valence-electron chi connectivity index (χ3n) is 3.55. The molecule has 8 heteroatoms. The molecule has 8 nitrogen and oxygen atoms in total. The molecule has 3 rings (SSSR count). The van der Waals surface area contributed by atoms with E-state index in [1.54, 1.807) is 0 Å². The Kier molecular flexibility index (Phi) is 4.78. The first-order valence-corrected chi connectivity index (χ1v) is 8.02. The van der Waals surface area contributed by atoms with Crippen LogP contribution in [-0.2, 0) is 6.54 Å². The molecular weight excluding hydrogens is 320 g/mol. The van der Waals surface area contributed by atoms with Crippen LogP contribution in [0.3, 0.4) is 0 Å². The highest BCUT2D eigenvalue weighted by molar-refractivity contribution is 5.88. The Bertz CT molecular complexity index is 853. The van der Waals surface area contributed by atoms with Crippen LogP contribution in [0.2, 0.25) is 0 Å². The fraction of sp³-hybridized carbons (Fsp3) is 0.294. The number of nitrogens with zero attached hydrogens (tertiary/aromatic N) is 4. The summed E-state index contributed by atoms with van der Waals surface area (Å²) in [6.07, 6.45) is 0. The zero-order valence-corrected chi connectivity index (χ0v) is 14.4. The van der Waals surface area contributed by atoms with Gasteiger partial charge in [-0.25, -0.2) is 4.79 Å². The van der Waals surface area contributed by atoms with E-state index in [0.29, 0.717) is 17.5 Å². The molecule has 3 aromatic rings. The molecule has 2 amide bonds. The predicted molar refractivity (Wildman–Crippen MR) is 92.9 cm³/mol. The number of urea groups is 1. The van der Waals surface area contributed by atoms with Gasteiger partial charge in [-0.3, -0.25) is 10.00 Å². The maximum Gasteiger partial charge on any atom is 0.320 e. The molecular formula is C17H20N6O2. The third-order valence-corrected chi connectivity index (χ3v) is 3.55. The van der Waals surface area contributed by atoms with E-state index < -0.39 is 0 Å². The summed E-state index contributed by atoms with van der Waals surface area (Å²) >= 11 is 0. The molecule has 0 unspecified atom stereocenters. The monoisotopic (exact) mass is 340 g/mol. The van der Waals surface area contributed by atoms with E-state index >= 15 is 0 Å². The molecule has 0 spiro atoms. The van der Waals surface area contributed by atoms with Gasteiger partial charge in [-0.2, -0.15) is 10.1 Å². The van der Waals surface area contributed by atoms with Crippen molar-refractivity contribution in [1.29, 1.82) is 0 Å². The van der Waals surface area contributed by atoms with E-state index in [2.05, 4.69) is 25.9 Å². The lowest BCUT2D eigenvalue weighted by Crippen LogP contribution is -2.28. The topological polar surface area (TPSA) is 97.9 Å². The van der Waals surface area contributed by atoms with Crippen molar-refractivity contribution in [2.45, 2.75) is 33.4 Å². The van der Waals surface area contributed by atoms with E-state index in [0.717, 1.165) is 11.3 Å². The molecule has 0 aliphatic rings. The molecule has 0 fully saturated rings. The quantitative estimate of drug-likeness (QED) is 0.743. The standard InChI is InChI=1S/C17H20N6O2/c1-11(2)23-12(3)9-14(21-23)20-17(24)18-10-15-19-16(25-22-15)13-7-5-4-6-8-13/h4-9,11H,10H2,1-3H3,(H2,18,20,21,24). The summed E-state index contributed by atoms with van der Waals surface area (Å²) in [5.74, 6) is 1.32. The second-order valence-corrected chi connectivity index (χ2v) is 5.90. The third kappa shape index (κ3) is 4.03. The summed E-state index contributed by atoms with van der Waals surface area (Å²) in [6, 6.07) is 11.1. The molecule has 2 N–H and O–H groups in total. The van der Waals surface area contributed by atoms with E-state index in [1.807, 2.05) is 61.9 Å². The predicted octanol–water partition coefficient (Wildman–Crippen LogP) is 3.14. The van der Waals surface area contributed by atoms with Crippen molar-refractivity contribution >= 4 is 11.8 Å². The summed E-state index contributed by atoms with van der Waals surface area (Å²) in [5, 5.41) is 13.6. The summed E-state index contributed by atoms with van der Waals surface area (Å²) in [7, 11) is 0. The largest absolute Gasteiger partial charge is 0.334 e. The van der Waals surface area contributed by atoms with Crippen molar-refractivity contribution in [3.05, 3.63) is 47.9 Å². The van der Waals surface area contributed by atoms with Gasteiger partial charge in [0.2, 0.25) is 0 Å². The number of nitrogens with one attached hydrogen (secondary N) is 2. The lowest BCUT2D eigenvalue weighted by atomic mass is 10.2. The Hall–Kier alpha value is -3.16. The molecule has 2 heterocycles. The van der Waals surface area contributed by atoms with Crippen LogP contribution in [0.5, 0.6) is 0 Å². The lowest BCUT2D eigenvalue weighted by Gasteiger charge is -2.07. The van der Waals surface area contributed by atoms with Gasteiger partial charge in [0.1, 0.15) is 0 Å². The number of carbonyl (C=O) groups excluding carboxylic acids is 1. The highest BCUT2D eigenvalue weighted by Crippen LogP contribution is 2.16. The van der Waals surface area contributed by atoms with Gasteiger partial charge in [-0.1, -0.05) is 23.4 Å². The van der Waals surface area contributed by atoms with Crippen LogP contribution in [0.25, 0.3) is 11.5 Å². The van der Waals surface area contributed by atoms with Crippen LogP contribution in [-0.4, -0.2) is 26.0 Å². The summed E-state index contributed by atoms with van der Waals surface area (Å²) in [4.78, 5) is 16.3. The Balaban J connectivity index is 1.56. The number of amides is 2. The molecule has 0 saturated carbocycles. The van der Waals surface area contributed by atoms with Crippen molar-refractivity contribution in [2.24, 2.45) is 0 Å². The zero-order chi connectivity index (χ0) is 17.8. The van der Waals surface area contributed by atoms with Gasteiger partial charge in [0.25, 0.3) is 5.89 Å². The molecule has 2 aromatic heterocycles. The number of carbonyl (C=O) groups is 1. The normalized spacial score (nSPS) is 10.9. The number of aryl methyl sites for hydroxylation is 1. The van der Waals surface area contributed by atoms with Gasteiger partial charge in [0.15, 0.2) is 11.6 Å². The highest BCUT2D eigenvalue weighted by Gasteiger charge is 2.12. The average molecular weight is 340 g/mol. The van der Waals surface area contributed by atoms with E-state index in [-0.39, 0.29) is 18.6 Å². The highest BCUT2D eigenvalue weighted by atomic mass is 16.5. The SMILES string of the molecule is Cc1cc(NC(=O)NCc2noc(-c3ccccc3)n2)nn1C(C)C. The van der Waals surface area contributed by atoms with Crippen molar-refractivity contribution in [1.82, 2.24) is 25.2 Å². The minimum atomic E-state index is -0.375. The fourth-order valence-corrected chi connectivity index (χ4v) is 2.42. The van der Waals surface area contributed by atoms with E-state index in [4.69, 9.17) is 4.52 Å². The van der Waals surface area contributed by atoms with Crippen LogP contribution >= 0.6 is 0 Å². The van der Waals surface area contributed by atoms with Crippen LogP contribution < -0.4 is 10.6 Å². The molecule has 0 aliphatic heterocycles. The van der Waals surface area contributed by atoms with Crippen LogP contribution in [0.1, 0.15) is 31.4 Å². The van der Waals surface area contributed by atoms with E-state index in [1.165, 1.54) is 0 Å². The van der Waals surface area contributed by atoms with Gasteiger partial charge in [-0.15, -0.1) is 0 Å². The number of benzene rings is 1. The van der Waals surface area contributed by atoms with Gasteiger partial charge < -0.3 is 9.84 Å². The lowest BCUT2D eigenvalue weighted by molar-refractivity contribution is 0.251. The molecule has 1 aromatic carbocycles. The number of rotatable bonds is 5. The first-order chi connectivity index (χ1) is 12.0. The van der Waals surface area contributed by atoms with Crippen LogP contribution in [0.15, 0.2) is 40.9 Å². The molecule has 0 saturated heterocycles. The number of hydrogen-bond acceptors (Lipinski definition) is 5. The maximum atomic E-state index is 12.0. The maximum absolute atomic E-state index is 12.0. The fourth-order valence-electron chi connectivity index (χ4n) is 2.42. The summed E-state index contributed by atoms with van der Waals surface area (Å²) < 4.78 is 7.05. The second kappa shape index (κ2) is 7.16. The smallest absolute Gasteiger partial charge is 0.320 e. The van der Waals surface area contributed by atoms with Gasteiger partial charge in [0, 0.05) is 23.4 Å². The minimum Gasteiger partial charge on any atom is -0.334 e. The summed E-state index contributed by atoms with van der Waals surface area (Å²) in [5.41, 5.74) is 1.82. The van der Waals surface area contributed by atoms with Gasteiger partial charge >= 0.3 is 6.03 Å². The number of anilines is 1. The first-order valence-electron chi connectivity index (χ1n) is 8.02. The van der Waals surface area contributed by atoms with Gasteiger partial charge in [-0.05, 0) is 32.9 Å².